The molecule has 0 aromatic heterocycles. The van der Waals surface area contributed by atoms with Gasteiger partial charge >= 0.3 is 0 Å². The highest BCUT2D eigenvalue weighted by Gasteiger charge is 2.37. The van der Waals surface area contributed by atoms with Crippen LogP contribution in [0.5, 0.6) is 0 Å². The molecule has 0 unspecified atom stereocenters. The highest BCUT2D eigenvalue weighted by atomic mass is 19.3. The van der Waals surface area contributed by atoms with Gasteiger partial charge in [0.05, 0.1) is 13.2 Å². The summed E-state index contributed by atoms with van der Waals surface area (Å²) < 4.78 is 36.8. The Kier molecular flexibility index (Phi) is 10.5. The van der Waals surface area contributed by atoms with Crippen LogP contribution in [0.1, 0.15) is 103 Å². The number of allylic oxidation sites excluding steroid dienone is 2. The molecule has 0 aromatic rings. The molecule has 2 nitrogen and oxygen atoms in total. The Morgan fingerprint density at radius 3 is 1.56 bits per heavy atom. The Morgan fingerprint density at radius 2 is 1.12 bits per heavy atom. The molecule has 0 N–H and O–H groups in total. The van der Waals surface area contributed by atoms with Gasteiger partial charge in [-0.25, -0.2) is 0 Å². The van der Waals surface area contributed by atoms with Crippen molar-refractivity contribution in [2.75, 3.05) is 13.2 Å². The van der Waals surface area contributed by atoms with Gasteiger partial charge in [0.25, 0.3) is 6.08 Å². The third-order valence-corrected chi connectivity index (χ3v) is 9.97. The van der Waals surface area contributed by atoms with Crippen LogP contribution in [0.25, 0.3) is 0 Å². The molecule has 1 heterocycles. The van der Waals surface area contributed by atoms with Crippen molar-refractivity contribution in [2.45, 2.75) is 109 Å². The summed E-state index contributed by atoms with van der Waals surface area (Å²) in [5.74, 6) is 5.52. The second-order valence-electron chi connectivity index (χ2n) is 11.9. The topological polar surface area (TPSA) is 18.5 Å². The van der Waals surface area contributed by atoms with Gasteiger partial charge in [-0.15, -0.1) is 6.58 Å². The summed E-state index contributed by atoms with van der Waals surface area (Å²) >= 11 is 0. The molecule has 4 fully saturated rings. The van der Waals surface area contributed by atoms with Gasteiger partial charge in [-0.2, -0.15) is 8.78 Å². The molecule has 4 heteroatoms. The lowest BCUT2D eigenvalue weighted by Gasteiger charge is -2.43. The van der Waals surface area contributed by atoms with Crippen molar-refractivity contribution in [2.24, 2.45) is 41.4 Å². The molecule has 194 valence electrons. The number of rotatable bonds is 9. The van der Waals surface area contributed by atoms with Crippen LogP contribution in [0.3, 0.4) is 0 Å². The summed E-state index contributed by atoms with van der Waals surface area (Å²) in [4.78, 5) is 0. The molecular formula is C30H48F2O2. The number of unbranched alkanes of at least 4 members (excludes halogenated alkanes) is 1. The molecule has 0 amide bonds. The van der Waals surface area contributed by atoms with E-state index in [0.29, 0.717) is 18.3 Å². The fourth-order valence-corrected chi connectivity index (χ4v) is 7.75. The molecule has 0 bridgehead atoms. The molecule has 3 aliphatic carbocycles. The lowest BCUT2D eigenvalue weighted by atomic mass is 9.64. The third-order valence-electron chi connectivity index (χ3n) is 9.97. The van der Waals surface area contributed by atoms with Crippen molar-refractivity contribution in [3.8, 4) is 0 Å². The first kappa shape index (κ1) is 26.3. The van der Waals surface area contributed by atoms with Crippen molar-refractivity contribution in [1.29, 1.82) is 0 Å². The molecule has 0 spiro atoms. The van der Waals surface area contributed by atoms with Crippen LogP contribution in [-0.2, 0) is 9.47 Å². The van der Waals surface area contributed by atoms with Gasteiger partial charge in [-0.05, 0) is 144 Å². The van der Waals surface area contributed by atoms with E-state index in [4.69, 9.17) is 9.47 Å². The van der Waals surface area contributed by atoms with E-state index in [-0.39, 0.29) is 6.29 Å². The maximum absolute atomic E-state index is 12.4. The zero-order valence-electron chi connectivity index (χ0n) is 21.3. The van der Waals surface area contributed by atoms with Crippen molar-refractivity contribution in [3.05, 3.63) is 24.8 Å². The SMILES string of the molecule is C=CCCCC1OCC(C2CCC(C3CCC(C4CCC(CC=C(F)F)CC4)CC3)CC2)CO1. The molecule has 1 aliphatic heterocycles. The van der Waals surface area contributed by atoms with Crippen molar-refractivity contribution in [1.82, 2.24) is 0 Å². The minimum absolute atomic E-state index is 0.00717. The Balaban J connectivity index is 1.10. The predicted molar refractivity (Wildman–Crippen MR) is 134 cm³/mol. The van der Waals surface area contributed by atoms with Crippen LogP contribution in [0, 0.1) is 41.4 Å². The van der Waals surface area contributed by atoms with E-state index in [9.17, 15) is 8.78 Å². The number of ether oxygens (including phenoxy) is 2. The quantitative estimate of drug-likeness (QED) is 0.243. The van der Waals surface area contributed by atoms with E-state index in [1.165, 1.54) is 64.2 Å². The fraction of sp³-hybridized carbons (Fsp3) is 0.867. The third kappa shape index (κ3) is 7.63. The van der Waals surface area contributed by atoms with Gasteiger partial charge in [0.2, 0.25) is 0 Å². The first-order valence-corrected chi connectivity index (χ1v) is 14.5. The van der Waals surface area contributed by atoms with E-state index >= 15 is 0 Å². The van der Waals surface area contributed by atoms with Gasteiger partial charge < -0.3 is 9.47 Å². The first-order chi connectivity index (χ1) is 16.6. The zero-order chi connectivity index (χ0) is 23.8. The normalized spacial score (nSPS) is 39.4. The van der Waals surface area contributed by atoms with Crippen LogP contribution in [-0.4, -0.2) is 19.5 Å². The summed E-state index contributed by atoms with van der Waals surface area (Å²) in [7, 11) is 0. The fourth-order valence-electron chi connectivity index (χ4n) is 7.75. The number of hydrogen-bond acceptors (Lipinski definition) is 2. The van der Waals surface area contributed by atoms with Gasteiger partial charge in [0.1, 0.15) is 0 Å². The summed E-state index contributed by atoms with van der Waals surface area (Å²) in [6, 6.07) is 0. The predicted octanol–water partition coefficient (Wildman–Crippen LogP) is 8.92. The van der Waals surface area contributed by atoms with Crippen LogP contribution in [0.4, 0.5) is 8.78 Å². The smallest absolute Gasteiger partial charge is 0.266 e. The maximum Gasteiger partial charge on any atom is 0.266 e. The Hall–Kier alpha value is -0.740. The second-order valence-corrected chi connectivity index (χ2v) is 11.9. The molecule has 34 heavy (non-hydrogen) atoms. The van der Waals surface area contributed by atoms with Crippen LogP contribution < -0.4 is 0 Å². The molecule has 0 aromatic carbocycles. The van der Waals surface area contributed by atoms with Crippen molar-refractivity contribution >= 4 is 0 Å². The minimum atomic E-state index is -1.50. The Bertz CT molecular complexity index is 614. The molecular weight excluding hydrogens is 430 g/mol. The minimum Gasteiger partial charge on any atom is -0.352 e. The number of halogens is 2. The van der Waals surface area contributed by atoms with Gasteiger partial charge in [-0.1, -0.05) is 6.08 Å². The van der Waals surface area contributed by atoms with E-state index in [1.807, 2.05) is 6.08 Å². The van der Waals surface area contributed by atoms with E-state index in [0.717, 1.165) is 81.0 Å². The summed E-state index contributed by atoms with van der Waals surface area (Å²) in [5.41, 5.74) is 0. The molecule has 4 aliphatic rings. The van der Waals surface area contributed by atoms with Gasteiger partial charge in [-0.3, -0.25) is 0 Å². The highest BCUT2D eigenvalue weighted by molar-refractivity contribution is 4.89. The van der Waals surface area contributed by atoms with E-state index in [1.54, 1.807) is 0 Å². The summed E-state index contributed by atoms with van der Waals surface area (Å²) in [6.07, 6.45) is 21.4. The molecule has 0 atom stereocenters. The lowest BCUT2D eigenvalue weighted by molar-refractivity contribution is -0.212. The van der Waals surface area contributed by atoms with Crippen LogP contribution >= 0.6 is 0 Å². The second kappa shape index (κ2) is 13.5. The van der Waals surface area contributed by atoms with Crippen LogP contribution in [0.15, 0.2) is 24.8 Å². The van der Waals surface area contributed by atoms with E-state index < -0.39 is 6.08 Å². The Labute approximate surface area is 206 Å². The maximum atomic E-state index is 12.4. The van der Waals surface area contributed by atoms with Gasteiger partial charge in [0.15, 0.2) is 6.29 Å². The van der Waals surface area contributed by atoms with Gasteiger partial charge in [0, 0.05) is 5.92 Å². The average molecular weight is 479 g/mol. The Morgan fingerprint density at radius 1 is 0.676 bits per heavy atom. The lowest BCUT2D eigenvalue weighted by Crippen LogP contribution is -2.38. The first-order valence-electron chi connectivity index (χ1n) is 14.5. The molecule has 0 radical (unpaired) electrons. The van der Waals surface area contributed by atoms with Crippen molar-refractivity contribution in [3.63, 3.8) is 0 Å². The van der Waals surface area contributed by atoms with Crippen molar-refractivity contribution < 1.29 is 18.3 Å². The average Bonchev–Trinajstić information content (AvgIpc) is 2.89. The molecule has 1 saturated heterocycles. The standard InChI is InChI=1S/C30H48F2O2/c1-2-3-4-5-30-33-20-28(21-34-30)27-17-15-26(16-18-27)25-13-11-24(12-14-25)23-9-6-22(7-10-23)8-19-29(31)32/h2,19,22-28,30H,1,3-18,20-21H2. The molecule has 4 rings (SSSR count). The zero-order valence-corrected chi connectivity index (χ0v) is 21.3. The molecule has 3 saturated carbocycles. The monoisotopic (exact) mass is 478 g/mol. The summed E-state index contributed by atoms with van der Waals surface area (Å²) in [6.45, 7) is 5.57. The highest BCUT2D eigenvalue weighted by Crippen LogP contribution is 2.47. The summed E-state index contributed by atoms with van der Waals surface area (Å²) in [5, 5.41) is 0. The van der Waals surface area contributed by atoms with Crippen LogP contribution in [0.2, 0.25) is 0 Å². The largest absolute Gasteiger partial charge is 0.352 e. The number of hydrogen-bond donors (Lipinski definition) is 0. The van der Waals surface area contributed by atoms with E-state index in [2.05, 4.69) is 6.58 Å².